The minimum Gasteiger partial charge on any atom is -0.126 e. The molecule has 0 fully saturated rings. The molecule has 0 N–H and O–H groups in total. The molecule has 0 heterocycles. The highest BCUT2D eigenvalue weighted by Crippen LogP contribution is 2.29. The smallest absolute Gasteiger partial charge is 0.0218 e. The van der Waals surface area contributed by atoms with Crippen LogP contribution < -0.4 is 0 Å². The zero-order chi connectivity index (χ0) is 10.4. The lowest BCUT2D eigenvalue weighted by molar-refractivity contribution is 0.895. The molecular weight excluding hydrogens is 256 g/mol. The number of benzene rings is 1. The summed E-state index contributed by atoms with van der Waals surface area (Å²) in [5.41, 5.74) is 1.45. The maximum atomic E-state index is 3.60. The van der Waals surface area contributed by atoms with Gasteiger partial charge < -0.3 is 0 Å². The number of halogens is 1. The Balaban J connectivity index is 2.70. The third-order valence-electron chi connectivity index (χ3n) is 2.18. The van der Waals surface area contributed by atoms with Crippen LogP contribution in [0.25, 0.3) is 0 Å². The van der Waals surface area contributed by atoms with Crippen LogP contribution in [0.1, 0.15) is 32.3 Å². The van der Waals surface area contributed by atoms with Gasteiger partial charge in [-0.05, 0) is 36.3 Å². The first-order chi connectivity index (χ1) is 6.79. The summed E-state index contributed by atoms with van der Waals surface area (Å²) in [6, 6.07) is 6.48. The molecule has 2 heteroatoms. The Morgan fingerprint density at radius 1 is 1.29 bits per heavy atom. The van der Waals surface area contributed by atoms with Gasteiger partial charge in [0.25, 0.3) is 0 Å². The summed E-state index contributed by atoms with van der Waals surface area (Å²) in [6.45, 7) is 4.45. The Kier molecular flexibility index (Phi) is 5.64. The molecule has 78 valence electrons. The quantitative estimate of drug-likeness (QED) is 0.543. The van der Waals surface area contributed by atoms with Gasteiger partial charge in [-0.15, -0.1) is 11.8 Å². The van der Waals surface area contributed by atoms with E-state index in [9.17, 15) is 0 Å². The molecule has 0 saturated carbocycles. The first-order valence-electron chi connectivity index (χ1n) is 5.19. The van der Waals surface area contributed by atoms with Gasteiger partial charge in [0.15, 0.2) is 0 Å². The van der Waals surface area contributed by atoms with Crippen LogP contribution in [-0.4, -0.2) is 5.75 Å². The predicted octanol–water partition coefficient (Wildman–Crippen LogP) is 4.90. The lowest BCUT2D eigenvalue weighted by atomic mass is 10.2. The van der Waals surface area contributed by atoms with Crippen LogP contribution in [0.2, 0.25) is 0 Å². The van der Waals surface area contributed by atoms with E-state index in [4.69, 9.17) is 0 Å². The number of unbranched alkanes of at least 4 members (excludes halogenated alkanes) is 1. The fraction of sp³-hybridized carbons (Fsp3) is 0.500. The molecule has 0 bridgehead atoms. The van der Waals surface area contributed by atoms with Gasteiger partial charge in [-0.2, -0.15) is 0 Å². The van der Waals surface area contributed by atoms with Crippen molar-refractivity contribution in [2.75, 3.05) is 5.75 Å². The van der Waals surface area contributed by atoms with Crippen molar-refractivity contribution in [2.24, 2.45) is 0 Å². The van der Waals surface area contributed by atoms with Crippen molar-refractivity contribution < 1.29 is 0 Å². The highest BCUT2D eigenvalue weighted by molar-refractivity contribution is 9.10. The van der Waals surface area contributed by atoms with E-state index in [1.165, 1.54) is 33.5 Å². The van der Waals surface area contributed by atoms with Crippen molar-refractivity contribution in [3.8, 4) is 0 Å². The maximum Gasteiger partial charge on any atom is 0.0218 e. The summed E-state index contributed by atoms with van der Waals surface area (Å²) in [4.78, 5) is 1.44. The Labute approximate surface area is 99.6 Å². The molecule has 0 amide bonds. The normalized spacial score (nSPS) is 10.5. The number of hydrogen-bond donors (Lipinski definition) is 0. The molecule has 0 spiro atoms. The molecule has 1 rings (SSSR count). The molecule has 0 aliphatic rings. The highest BCUT2D eigenvalue weighted by atomic mass is 79.9. The van der Waals surface area contributed by atoms with E-state index >= 15 is 0 Å². The molecule has 0 aliphatic carbocycles. The molecule has 0 nitrogen and oxygen atoms in total. The van der Waals surface area contributed by atoms with E-state index in [0.717, 1.165) is 6.42 Å². The summed E-state index contributed by atoms with van der Waals surface area (Å²) < 4.78 is 1.25. The lowest BCUT2D eigenvalue weighted by Crippen LogP contribution is -1.88. The molecule has 1 aromatic carbocycles. The largest absolute Gasteiger partial charge is 0.126 e. The molecule has 0 aromatic heterocycles. The van der Waals surface area contributed by atoms with Gasteiger partial charge in [0.1, 0.15) is 0 Å². The van der Waals surface area contributed by atoms with E-state index < -0.39 is 0 Å². The summed E-state index contributed by atoms with van der Waals surface area (Å²) in [5.74, 6) is 1.24. The van der Waals surface area contributed by atoms with Gasteiger partial charge in [0, 0.05) is 9.37 Å². The Morgan fingerprint density at radius 3 is 2.71 bits per heavy atom. The SMILES string of the molecule is CCCCSc1cccc(Br)c1CC. The third-order valence-corrected chi connectivity index (χ3v) is 4.11. The van der Waals surface area contributed by atoms with Gasteiger partial charge in [-0.1, -0.05) is 42.3 Å². The van der Waals surface area contributed by atoms with Crippen molar-refractivity contribution in [1.82, 2.24) is 0 Å². The molecule has 0 aliphatic heterocycles. The van der Waals surface area contributed by atoms with E-state index in [1.807, 2.05) is 11.8 Å². The molecular formula is C12H17BrS. The van der Waals surface area contributed by atoms with Crippen molar-refractivity contribution in [3.63, 3.8) is 0 Å². The van der Waals surface area contributed by atoms with Gasteiger partial charge in [0.2, 0.25) is 0 Å². The van der Waals surface area contributed by atoms with Gasteiger partial charge in [-0.25, -0.2) is 0 Å². The minimum absolute atomic E-state index is 1.11. The summed E-state index contributed by atoms with van der Waals surface area (Å²) in [5, 5.41) is 0. The Bertz CT molecular complexity index is 284. The molecule has 0 unspecified atom stereocenters. The average Bonchev–Trinajstić information content (AvgIpc) is 2.18. The standard InChI is InChI=1S/C12H17BrS/c1-3-5-9-14-12-8-6-7-11(13)10(12)4-2/h6-8H,3-5,9H2,1-2H3. The van der Waals surface area contributed by atoms with Gasteiger partial charge in [0.05, 0.1) is 0 Å². The topological polar surface area (TPSA) is 0 Å². The van der Waals surface area contributed by atoms with Gasteiger partial charge >= 0.3 is 0 Å². The van der Waals surface area contributed by atoms with Crippen LogP contribution in [0.15, 0.2) is 27.6 Å². The van der Waals surface area contributed by atoms with Crippen LogP contribution >= 0.6 is 27.7 Å². The monoisotopic (exact) mass is 272 g/mol. The highest BCUT2D eigenvalue weighted by Gasteiger charge is 2.04. The molecule has 0 radical (unpaired) electrons. The van der Waals surface area contributed by atoms with Crippen molar-refractivity contribution in [2.45, 2.75) is 38.0 Å². The summed E-state index contributed by atoms with van der Waals surface area (Å²) >= 11 is 5.58. The van der Waals surface area contributed by atoms with Crippen LogP contribution in [0.4, 0.5) is 0 Å². The van der Waals surface area contributed by atoms with E-state index in [-0.39, 0.29) is 0 Å². The summed E-state index contributed by atoms with van der Waals surface area (Å²) in [7, 11) is 0. The molecule has 0 saturated heterocycles. The Morgan fingerprint density at radius 2 is 2.07 bits per heavy atom. The number of thioether (sulfide) groups is 1. The van der Waals surface area contributed by atoms with Crippen molar-refractivity contribution in [1.29, 1.82) is 0 Å². The van der Waals surface area contributed by atoms with Crippen LogP contribution in [-0.2, 0) is 6.42 Å². The van der Waals surface area contributed by atoms with Crippen molar-refractivity contribution >= 4 is 27.7 Å². The van der Waals surface area contributed by atoms with Gasteiger partial charge in [-0.3, -0.25) is 0 Å². The zero-order valence-electron chi connectivity index (χ0n) is 8.85. The van der Waals surface area contributed by atoms with E-state index in [1.54, 1.807) is 0 Å². The Hall–Kier alpha value is 0.0500. The predicted molar refractivity (Wildman–Crippen MR) is 69.2 cm³/mol. The second kappa shape index (κ2) is 6.52. The van der Waals surface area contributed by atoms with Crippen LogP contribution in [0.3, 0.4) is 0 Å². The lowest BCUT2D eigenvalue weighted by Gasteiger charge is -2.08. The van der Waals surface area contributed by atoms with E-state index in [0.29, 0.717) is 0 Å². The van der Waals surface area contributed by atoms with Crippen LogP contribution in [0, 0.1) is 0 Å². The first kappa shape index (κ1) is 12.1. The summed E-state index contributed by atoms with van der Waals surface area (Å²) in [6.07, 6.45) is 3.69. The zero-order valence-corrected chi connectivity index (χ0v) is 11.2. The number of hydrogen-bond acceptors (Lipinski definition) is 1. The molecule has 1 aromatic rings. The third kappa shape index (κ3) is 3.32. The first-order valence-corrected chi connectivity index (χ1v) is 6.97. The molecule has 0 atom stereocenters. The minimum atomic E-state index is 1.11. The second-order valence-corrected chi connectivity index (χ2v) is 5.26. The fourth-order valence-corrected chi connectivity index (χ4v) is 3.38. The second-order valence-electron chi connectivity index (χ2n) is 3.27. The van der Waals surface area contributed by atoms with Crippen LogP contribution in [0.5, 0.6) is 0 Å². The molecule has 14 heavy (non-hydrogen) atoms. The van der Waals surface area contributed by atoms with E-state index in [2.05, 4.69) is 48.0 Å². The maximum absolute atomic E-state index is 3.60. The van der Waals surface area contributed by atoms with Crippen molar-refractivity contribution in [3.05, 3.63) is 28.2 Å². The average molecular weight is 273 g/mol. The number of rotatable bonds is 5. The fourth-order valence-electron chi connectivity index (χ4n) is 1.34.